The first kappa shape index (κ1) is 31.1. The van der Waals surface area contributed by atoms with Gasteiger partial charge < -0.3 is 9.47 Å². The highest BCUT2D eigenvalue weighted by Gasteiger charge is 2.73. The molecule has 4 saturated carbocycles. The van der Waals surface area contributed by atoms with Crippen LogP contribution in [0.3, 0.4) is 0 Å². The minimum absolute atomic E-state index is 0.0622. The Labute approximate surface area is 250 Å². The molecule has 7 heteroatoms. The van der Waals surface area contributed by atoms with Gasteiger partial charge in [0.1, 0.15) is 12.7 Å². The molecule has 0 aromatic carbocycles. The highest BCUT2D eigenvalue weighted by Crippen LogP contribution is 2.76. The first-order valence-corrected chi connectivity index (χ1v) is 16.1. The van der Waals surface area contributed by atoms with Crippen LogP contribution in [0.4, 0.5) is 0 Å². The molecule has 4 fully saturated rings. The second kappa shape index (κ2) is 9.85. The third kappa shape index (κ3) is 3.93. The number of rotatable bonds is 5. The van der Waals surface area contributed by atoms with Gasteiger partial charge in [0.25, 0.3) is 0 Å². The predicted molar refractivity (Wildman–Crippen MR) is 157 cm³/mol. The topological polar surface area (TPSA) is 104 Å². The lowest BCUT2D eigenvalue weighted by Crippen LogP contribution is -2.66. The van der Waals surface area contributed by atoms with E-state index in [1.807, 2.05) is 13.8 Å². The molecule has 5 rings (SSSR count). The molecule has 8 atom stereocenters. The lowest BCUT2D eigenvalue weighted by molar-refractivity contribution is -0.232. The summed E-state index contributed by atoms with van der Waals surface area (Å²) in [5.74, 6) is -1.89. The van der Waals surface area contributed by atoms with Crippen LogP contribution in [0, 0.1) is 50.7 Å². The average molecular weight is 583 g/mol. The lowest BCUT2D eigenvalue weighted by Gasteiger charge is -2.71. The number of carbonyl (C=O) groups is 5. The van der Waals surface area contributed by atoms with Crippen molar-refractivity contribution >= 4 is 29.3 Å². The zero-order valence-corrected chi connectivity index (χ0v) is 27.1. The third-order valence-corrected chi connectivity index (χ3v) is 13.4. The van der Waals surface area contributed by atoms with Crippen molar-refractivity contribution in [3.8, 4) is 0 Å². The van der Waals surface area contributed by atoms with Crippen molar-refractivity contribution in [2.45, 2.75) is 120 Å². The van der Waals surface area contributed by atoms with Crippen molar-refractivity contribution in [3.05, 3.63) is 11.1 Å². The maximum Gasteiger partial charge on any atom is 0.324 e. The SMILES string of the molecule is CC(=O)COC(=O)[C@@]12CCC3(C)C(CCC4C5(C)CCC(OC(C)=O)C(C)(C)C5CCC43C)C1=C(C(C)C)C(=O)C2=O. The Morgan fingerprint density at radius 2 is 1.50 bits per heavy atom. The summed E-state index contributed by atoms with van der Waals surface area (Å²) in [6.07, 6.45) is 6.44. The number of fused-ring (bicyclic) bond motifs is 7. The van der Waals surface area contributed by atoms with Gasteiger partial charge in [-0.1, -0.05) is 48.5 Å². The molecule has 232 valence electrons. The fourth-order valence-electron chi connectivity index (χ4n) is 11.4. The van der Waals surface area contributed by atoms with Crippen LogP contribution < -0.4 is 0 Å². The van der Waals surface area contributed by atoms with Crippen LogP contribution >= 0.6 is 0 Å². The molecule has 7 unspecified atom stereocenters. The number of esters is 2. The van der Waals surface area contributed by atoms with Gasteiger partial charge >= 0.3 is 11.9 Å². The zero-order valence-electron chi connectivity index (χ0n) is 27.1. The smallest absolute Gasteiger partial charge is 0.324 e. The van der Waals surface area contributed by atoms with E-state index >= 15 is 0 Å². The predicted octanol–water partition coefficient (Wildman–Crippen LogP) is 6.21. The van der Waals surface area contributed by atoms with Crippen molar-refractivity contribution < 1.29 is 33.4 Å². The van der Waals surface area contributed by atoms with Gasteiger partial charge in [0.05, 0.1) is 0 Å². The number of hydrogen-bond acceptors (Lipinski definition) is 7. The minimum Gasteiger partial charge on any atom is -0.462 e. The van der Waals surface area contributed by atoms with Gasteiger partial charge in [-0.15, -0.1) is 0 Å². The Morgan fingerprint density at radius 3 is 2.10 bits per heavy atom. The van der Waals surface area contributed by atoms with Gasteiger partial charge in [-0.3, -0.25) is 24.0 Å². The van der Waals surface area contributed by atoms with Gasteiger partial charge in [0.2, 0.25) is 11.6 Å². The minimum atomic E-state index is -1.61. The van der Waals surface area contributed by atoms with Crippen LogP contribution in [-0.4, -0.2) is 42.0 Å². The van der Waals surface area contributed by atoms with E-state index in [9.17, 15) is 24.0 Å². The summed E-state index contributed by atoms with van der Waals surface area (Å²) in [5.41, 5.74) is -0.758. The summed E-state index contributed by atoms with van der Waals surface area (Å²) in [6, 6.07) is 0. The van der Waals surface area contributed by atoms with Gasteiger partial charge in [-0.05, 0) is 104 Å². The number of allylic oxidation sites excluding steroid dienone is 1. The standard InChI is InChI=1S/C35H50O7/c1-19(2)26-27-22-10-11-24-32(7)14-13-25(42-21(4)37)31(5,6)23(32)12-15-34(24,9)33(22,8)16-17-35(27,29(39)28(26)38)30(40)41-18-20(3)36/h19,22-25H,10-18H2,1-9H3/t22?,23?,24?,25?,32?,33?,34?,35-/m0/s1. The van der Waals surface area contributed by atoms with Crippen molar-refractivity contribution in [2.75, 3.05) is 6.61 Å². The van der Waals surface area contributed by atoms with Crippen LogP contribution in [0.1, 0.15) is 114 Å². The molecular formula is C35H50O7. The van der Waals surface area contributed by atoms with Crippen molar-refractivity contribution in [1.29, 1.82) is 0 Å². The molecule has 0 spiro atoms. The Hall–Kier alpha value is -2.31. The van der Waals surface area contributed by atoms with Gasteiger partial charge in [-0.25, -0.2) is 0 Å². The Balaban J connectivity index is 1.58. The second-order valence-electron chi connectivity index (χ2n) is 15.9. The molecule has 0 amide bonds. The lowest BCUT2D eigenvalue weighted by atomic mass is 9.33. The summed E-state index contributed by atoms with van der Waals surface area (Å²) >= 11 is 0. The number of carbonyl (C=O) groups excluding carboxylic acids is 5. The molecule has 42 heavy (non-hydrogen) atoms. The fourth-order valence-corrected chi connectivity index (χ4v) is 11.4. The van der Waals surface area contributed by atoms with E-state index in [1.54, 1.807) is 0 Å². The highest BCUT2D eigenvalue weighted by molar-refractivity contribution is 6.52. The molecule has 5 aliphatic rings. The van der Waals surface area contributed by atoms with Crippen LogP contribution in [0.2, 0.25) is 0 Å². The fraction of sp³-hybridized carbons (Fsp3) is 0.800. The molecule has 0 saturated heterocycles. The van der Waals surface area contributed by atoms with Gasteiger partial charge in [-0.2, -0.15) is 0 Å². The molecule has 0 heterocycles. The summed E-state index contributed by atoms with van der Waals surface area (Å²) < 4.78 is 11.3. The van der Waals surface area contributed by atoms with Crippen LogP contribution in [0.15, 0.2) is 11.1 Å². The van der Waals surface area contributed by atoms with E-state index in [1.165, 1.54) is 13.8 Å². The van der Waals surface area contributed by atoms with Crippen LogP contribution in [-0.2, 0) is 33.4 Å². The zero-order chi connectivity index (χ0) is 31.2. The maximum atomic E-state index is 13.8. The molecular weight excluding hydrogens is 532 g/mol. The third-order valence-electron chi connectivity index (χ3n) is 13.4. The quantitative estimate of drug-likeness (QED) is 0.216. The molecule has 0 N–H and O–H groups in total. The molecule has 7 nitrogen and oxygen atoms in total. The summed E-state index contributed by atoms with van der Waals surface area (Å²) in [6.45, 7) is 18.1. The largest absolute Gasteiger partial charge is 0.462 e. The van der Waals surface area contributed by atoms with E-state index in [4.69, 9.17) is 9.47 Å². The van der Waals surface area contributed by atoms with E-state index in [2.05, 4.69) is 34.6 Å². The molecule has 0 bridgehead atoms. The van der Waals surface area contributed by atoms with Crippen molar-refractivity contribution in [1.82, 2.24) is 0 Å². The monoisotopic (exact) mass is 582 g/mol. The van der Waals surface area contributed by atoms with Crippen LogP contribution in [0.5, 0.6) is 0 Å². The Morgan fingerprint density at radius 1 is 0.833 bits per heavy atom. The Bertz CT molecular complexity index is 1270. The average Bonchev–Trinajstić information content (AvgIpc) is 3.12. The number of hydrogen-bond donors (Lipinski definition) is 0. The van der Waals surface area contributed by atoms with E-state index in [0.29, 0.717) is 29.4 Å². The second-order valence-corrected chi connectivity index (χ2v) is 15.9. The van der Waals surface area contributed by atoms with Gasteiger partial charge in [0.15, 0.2) is 11.2 Å². The number of ether oxygens (including phenoxy) is 2. The number of Topliss-reactive ketones (excluding diaryl/α,β-unsaturated/α-hetero) is 3. The summed E-state index contributed by atoms with van der Waals surface area (Å²) in [5, 5.41) is 0. The molecule has 0 aromatic heterocycles. The van der Waals surface area contributed by atoms with E-state index in [-0.39, 0.29) is 57.8 Å². The number of ketones is 3. The first-order valence-electron chi connectivity index (χ1n) is 16.1. The maximum absolute atomic E-state index is 13.8. The molecule has 0 radical (unpaired) electrons. The van der Waals surface area contributed by atoms with E-state index < -0.39 is 29.6 Å². The van der Waals surface area contributed by atoms with Gasteiger partial charge in [0, 0.05) is 17.9 Å². The van der Waals surface area contributed by atoms with Crippen LogP contribution in [0.25, 0.3) is 0 Å². The summed E-state index contributed by atoms with van der Waals surface area (Å²) in [4.78, 5) is 64.9. The van der Waals surface area contributed by atoms with Crippen molar-refractivity contribution in [3.63, 3.8) is 0 Å². The molecule has 5 aliphatic carbocycles. The highest BCUT2D eigenvalue weighted by atomic mass is 16.5. The summed E-state index contributed by atoms with van der Waals surface area (Å²) in [7, 11) is 0. The molecule has 0 aliphatic heterocycles. The van der Waals surface area contributed by atoms with Crippen molar-refractivity contribution in [2.24, 2.45) is 50.7 Å². The normalized spacial score (nSPS) is 42.3. The molecule has 0 aromatic rings. The first-order chi connectivity index (χ1) is 19.4. The van der Waals surface area contributed by atoms with E-state index in [0.717, 1.165) is 38.5 Å². The Kier molecular flexibility index (Phi) is 7.30.